The molecule has 0 spiro atoms. The zero-order chi connectivity index (χ0) is 19.8. The second-order valence-corrected chi connectivity index (χ2v) is 7.55. The summed E-state index contributed by atoms with van der Waals surface area (Å²) in [6, 6.07) is 12.1. The van der Waals surface area contributed by atoms with E-state index in [9.17, 15) is 4.39 Å². The average molecular weight is 391 g/mol. The molecule has 1 saturated carbocycles. The van der Waals surface area contributed by atoms with Gasteiger partial charge < -0.3 is 10.6 Å². The summed E-state index contributed by atoms with van der Waals surface area (Å²) in [5.74, 6) is 2.42. The van der Waals surface area contributed by atoms with Gasteiger partial charge in [0.25, 0.3) is 0 Å². The van der Waals surface area contributed by atoms with Crippen LogP contribution in [0, 0.1) is 18.7 Å². The van der Waals surface area contributed by atoms with E-state index in [0.29, 0.717) is 23.4 Å². The second-order valence-electron chi connectivity index (χ2n) is 7.55. The fourth-order valence-electron chi connectivity index (χ4n) is 3.39. The third-order valence-corrected chi connectivity index (χ3v) is 5.13. The lowest BCUT2D eigenvalue weighted by atomic mass is 10.1. The van der Waals surface area contributed by atoms with Gasteiger partial charge in [0, 0.05) is 18.0 Å². The van der Waals surface area contributed by atoms with Crippen LogP contribution < -0.4 is 10.6 Å². The normalized spacial score (nSPS) is 15.0. The highest BCUT2D eigenvalue weighted by Crippen LogP contribution is 2.30. The van der Waals surface area contributed by atoms with Gasteiger partial charge in [0.05, 0.1) is 6.04 Å². The molecule has 3 N–H and O–H groups in total. The van der Waals surface area contributed by atoms with Crippen LogP contribution >= 0.6 is 0 Å². The summed E-state index contributed by atoms with van der Waals surface area (Å²) in [4.78, 5) is 4.82. The van der Waals surface area contributed by atoms with Crippen molar-refractivity contribution >= 4 is 17.2 Å². The third-order valence-electron chi connectivity index (χ3n) is 5.13. The van der Waals surface area contributed by atoms with Crippen LogP contribution in [0.5, 0.6) is 0 Å². The van der Waals surface area contributed by atoms with Gasteiger partial charge in [0.15, 0.2) is 17.5 Å². The van der Waals surface area contributed by atoms with Crippen molar-refractivity contribution in [3.05, 3.63) is 71.6 Å². The number of fused-ring (bicyclic) bond motifs is 1. The average Bonchev–Trinajstić information content (AvgIpc) is 3.25. The Balaban J connectivity index is 1.55. The summed E-state index contributed by atoms with van der Waals surface area (Å²) < 4.78 is 15.3. The van der Waals surface area contributed by atoms with E-state index in [2.05, 4.69) is 20.8 Å². The molecule has 0 radical (unpaired) electrons. The van der Waals surface area contributed by atoms with Gasteiger partial charge in [0.2, 0.25) is 0 Å². The third kappa shape index (κ3) is 3.84. The van der Waals surface area contributed by atoms with E-state index in [4.69, 9.17) is 10.1 Å². The van der Waals surface area contributed by atoms with Crippen LogP contribution in [-0.4, -0.2) is 31.3 Å². The Morgan fingerprint density at radius 1 is 1.24 bits per heavy atom. The Kier molecular flexibility index (Phi) is 4.48. The van der Waals surface area contributed by atoms with Gasteiger partial charge in [-0.05, 0) is 62.1 Å². The van der Waals surface area contributed by atoms with Crippen molar-refractivity contribution in [3.8, 4) is 0 Å². The first-order valence-electron chi connectivity index (χ1n) is 9.79. The number of aromatic amines is 1. The highest BCUT2D eigenvalue weighted by atomic mass is 19.1. The van der Waals surface area contributed by atoms with Crippen LogP contribution in [0.15, 0.2) is 48.7 Å². The predicted molar refractivity (Wildman–Crippen MR) is 109 cm³/mol. The Hall–Kier alpha value is -3.26. The predicted octanol–water partition coefficient (Wildman–Crippen LogP) is 3.73. The van der Waals surface area contributed by atoms with Crippen molar-refractivity contribution in [1.82, 2.24) is 30.1 Å². The molecular formula is C21H22FN7. The van der Waals surface area contributed by atoms with Crippen molar-refractivity contribution in [2.45, 2.75) is 25.8 Å². The number of hydrogen-bond acceptors (Lipinski definition) is 5. The molecule has 1 aliphatic carbocycles. The van der Waals surface area contributed by atoms with Crippen molar-refractivity contribution in [1.29, 1.82) is 0 Å². The molecule has 0 saturated heterocycles. The fraction of sp³-hybridized carbons (Fsp3) is 0.286. The molecule has 4 aromatic rings. The van der Waals surface area contributed by atoms with Crippen molar-refractivity contribution in [3.63, 3.8) is 0 Å². The van der Waals surface area contributed by atoms with Crippen molar-refractivity contribution in [2.75, 3.05) is 11.9 Å². The number of hydrogen-bond donors (Lipinski definition) is 3. The highest BCUT2D eigenvalue weighted by molar-refractivity contribution is 5.72. The first-order valence-corrected chi connectivity index (χ1v) is 9.79. The van der Waals surface area contributed by atoms with Crippen molar-refractivity contribution < 1.29 is 4.39 Å². The number of anilines is 2. The molecule has 1 atom stereocenters. The maximum atomic E-state index is 13.5. The topological polar surface area (TPSA) is 82.9 Å². The number of H-pyrrole nitrogens is 1. The molecule has 5 rings (SSSR count). The second kappa shape index (κ2) is 7.29. The lowest BCUT2D eigenvalue weighted by molar-refractivity contribution is 0.541. The minimum Gasteiger partial charge on any atom is -0.322 e. The number of nitrogens with one attached hydrogen (secondary N) is 3. The van der Waals surface area contributed by atoms with Gasteiger partial charge in [-0.25, -0.2) is 13.9 Å². The molecule has 1 aromatic carbocycles. The number of aromatic nitrogens is 5. The standard InChI is InChI=1S/C21H22FN7/c1-13-11-18(27-26-13)24-20-17-3-2-10-29(17)28-21(25-20)19(23-12-14-4-5-14)15-6-8-16(22)9-7-15/h2-3,6-11,14,19,23H,4-5,12H2,1H3,(H2,24,25,26,27,28). The Morgan fingerprint density at radius 2 is 2.07 bits per heavy atom. The highest BCUT2D eigenvalue weighted by Gasteiger charge is 2.25. The fourth-order valence-corrected chi connectivity index (χ4v) is 3.39. The van der Waals surface area contributed by atoms with E-state index in [-0.39, 0.29) is 11.9 Å². The Labute approximate surface area is 167 Å². The number of rotatable bonds is 7. The summed E-state index contributed by atoms with van der Waals surface area (Å²) in [7, 11) is 0. The van der Waals surface area contributed by atoms with Gasteiger partial charge in [-0.3, -0.25) is 5.10 Å². The number of benzene rings is 1. The van der Waals surface area contributed by atoms with E-state index < -0.39 is 0 Å². The number of nitrogens with zero attached hydrogens (tertiary/aromatic N) is 4. The maximum Gasteiger partial charge on any atom is 0.173 e. The molecule has 0 aliphatic heterocycles. The minimum absolute atomic E-state index is 0.232. The van der Waals surface area contributed by atoms with Gasteiger partial charge in [0.1, 0.15) is 11.3 Å². The summed E-state index contributed by atoms with van der Waals surface area (Å²) >= 11 is 0. The molecule has 0 amide bonds. The first kappa shape index (κ1) is 17.8. The SMILES string of the molecule is Cc1cc(Nc2nc(C(NCC3CC3)c3ccc(F)cc3)nn3cccc23)n[nH]1. The van der Waals surface area contributed by atoms with Crippen molar-refractivity contribution in [2.24, 2.45) is 5.92 Å². The molecule has 148 valence electrons. The molecule has 0 bridgehead atoms. The smallest absolute Gasteiger partial charge is 0.173 e. The largest absolute Gasteiger partial charge is 0.322 e. The van der Waals surface area contributed by atoms with E-state index in [1.807, 2.05) is 31.3 Å². The van der Waals surface area contributed by atoms with Crippen LogP contribution in [-0.2, 0) is 0 Å². The van der Waals surface area contributed by atoms with Crippen LogP contribution in [0.2, 0.25) is 0 Å². The molecule has 29 heavy (non-hydrogen) atoms. The summed E-state index contributed by atoms with van der Waals surface area (Å²) in [6.07, 6.45) is 4.38. The Morgan fingerprint density at radius 3 is 2.79 bits per heavy atom. The van der Waals surface area contributed by atoms with Crippen LogP contribution in [0.1, 0.15) is 36.0 Å². The molecule has 7 nitrogen and oxygen atoms in total. The maximum absolute atomic E-state index is 13.5. The van der Waals surface area contributed by atoms with Gasteiger partial charge in [-0.15, -0.1) is 0 Å². The summed E-state index contributed by atoms with van der Waals surface area (Å²) in [6.45, 7) is 2.83. The Bertz CT molecular complexity index is 1130. The zero-order valence-corrected chi connectivity index (χ0v) is 16.1. The van der Waals surface area contributed by atoms with E-state index in [1.165, 1.54) is 25.0 Å². The first-order chi connectivity index (χ1) is 14.2. The van der Waals surface area contributed by atoms with E-state index in [1.54, 1.807) is 16.6 Å². The molecule has 1 unspecified atom stereocenters. The quantitative estimate of drug-likeness (QED) is 0.447. The van der Waals surface area contributed by atoms with E-state index in [0.717, 1.165) is 23.3 Å². The lowest BCUT2D eigenvalue weighted by Crippen LogP contribution is -2.27. The monoisotopic (exact) mass is 391 g/mol. The van der Waals surface area contributed by atoms with Crippen LogP contribution in [0.4, 0.5) is 16.0 Å². The summed E-state index contributed by atoms with van der Waals surface area (Å²) in [5, 5.41) is 18.8. The molecular weight excluding hydrogens is 369 g/mol. The van der Waals surface area contributed by atoms with Gasteiger partial charge in [-0.1, -0.05) is 12.1 Å². The molecule has 8 heteroatoms. The molecule has 3 aromatic heterocycles. The van der Waals surface area contributed by atoms with Gasteiger partial charge >= 0.3 is 0 Å². The van der Waals surface area contributed by atoms with Crippen LogP contribution in [0.25, 0.3) is 5.52 Å². The number of halogens is 1. The number of aryl methyl sites for hydroxylation is 1. The summed E-state index contributed by atoms with van der Waals surface area (Å²) in [5.41, 5.74) is 2.75. The zero-order valence-electron chi connectivity index (χ0n) is 16.1. The minimum atomic E-state index is -0.257. The molecule has 1 aliphatic rings. The molecule has 1 fully saturated rings. The van der Waals surface area contributed by atoms with Gasteiger partial charge in [-0.2, -0.15) is 10.2 Å². The molecule has 3 heterocycles. The van der Waals surface area contributed by atoms with E-state index >= 15 is 0 Å². The van der Waals surface area contributed by atoms with Crippen LogP contribution in [0.3, 0.4) is 0 Å². The lowest BCUT2D eigenvalue weighted by Gasteiger charge is -2.19.